The minimum Gasteiger partial charge on any atom is -0.490 e. The van der Waals surface area contributed by atoms with Crippen LogP contribution in [0.5, 0.6) is 11.5 Å². The van der Waals surface area contributed by atoms with E-state index in [1.807, 2.05) is 13.8 Å². The van der Waals surface area contributed by atoms with Crippen LogP contribution in [0.2, 0.25) is 0 Å². The second-order valence-electron chi connectivity index (χ2n) is 5.08. The van der Waals surface area contributed by atoms with Gasteiger partial charge in [-0.05, 0) is 44.2 Å². The number of carbonyl (C=O) groups is 1. The topological polar surface area (TPSA) is 96.8 Å². The lowest BCUT2D eigenvalue weighted by molar-refractivity contribution is 0.0438. The molecule has 26 heavy (non-hydrogen) atoms. The number of furan rings is 1. The highest BCUT2D eigenvalue weighted by Gasteiger charge is 2.15. The van der Waals surface area contributed by atoms with Gasteiger partial charge in [0.05, 0.1) is 25.0 Å². The summed E-state index contributed by atoms with van der Waals surface area (Å²) in [5.74, 6) is 1.36. The van der Waals surface area contributed by atoms with Crippen LogP contribution in [0, 0.1) is 0 Å². The van der Waals surface area contributed by atoms with Crippen molar-refractivity contribution in [1.29, 1.82) is 0 Å². The van der Waals surface area contributed by atoms with Crippen molar-refractivity contribution in [1.82, 2.24) is 10.2 Å². The number of ether oxygens (including phenoxy) is 3. The average Bonchev–Trinajstić information content (AvgIpc) is 3.33. The zero-order chi connectivity index (χ0) is 18.4. The van der Waals surface area contributed by atoms with Gasteiger partial charge in [-0.15, -0.1) is 10.2 Å². The Bertz CT molecular complexity index is 856. The first kappa shape index (κ1) is 17.5. The van der Waals surface area contributed by atoms with Crippen molar-refractivity contribution >= 4 is 5.97 Å². The average molecular weight is 358 g/mol. The molecular weight excluding hydrogens is 340 g/mol. The van der Waals surface area contributed by atoms with Gasteiger partial charge in [-0.2, -0.15) is 0 Å². The molecule has 3 aromatic rings. The molecule has 8 heteroatoms. The second-order valence-corrected chi connectivity index (χ2v) is 5.08. The van der Waals surface area contributed by atoms with Gasteiger partial charge >= 0.3 is 5.97 Å². The highest BCUT2D eigenvalue weighted by Crippen LogP contribution is 2.29. The largest absolute Gasteiger partial charge is 0.490 e. The van der Waals surface area contributed by atoms with E-state index < -0.39 is 5.97 Å². The monoisotopic (exact) mass is 358 g/mol. The van der Waals surface area contributed by atoms with Gasteiger partial charge in [-0.25, -0.2) is 4.79 Å². The van der Waals surface area contributed by atoms with Crippen molar-refractivity contribution in [2.75, 3.05) is 13.2 Å². The molecule has 0 atom stereocenters. The van der Waals surface area contributed by atoms with Crippen molar-refractivity contribution in [2.24, 2.45) is 0 Å². The molecule has 0 radical (unpaired) electrons. The number of aromatic nitrogens is 2. The van der Waals surface area contributed by atoms with Crippen molar-refractivity contribution in [3.05, 3.63) is 48.0 Å². The third kappa shape index (κ3) is 4.02. The first-order valence-corrected chi connectivity index (χ1v) is 8.14. The molecule has 2 aromatic heterocycles. The molecule has 0 amide bonds. The van der Waals surface area contributed by atoms with Gasteiger partial charge in [0, 0.05) is 0 Å². The predicted molar refractivity (Wildman–Crippen MR) is 89.9 cm³/mol. The molecule has 0 saturated carbocycles. The number of benzene rings is 1. The lowest BCUT2D eigenvalue weighted by atomic mass is 10.2. The SMILES string of the molecule is CCOc1ccc(C(=O)OCc2nnc(-c3ccco3)o2)cc1OCC. The number of hydrogen-bond acceptors (Lipinski definition) is 8. The summed E-state index contributed by atoms with van der Waals surface area (Å²) in [6.07, 6.45) is 1.50. The summed E-state index contributed by atoms with van der Waals surface area (Å²) in [6, 6.07) is 8.27. The summed E-state index contributed by atoms with van der Waals surface area (Å²) < 4.78 is 26.7. The Morgan fingerprint density at radius 2 is 1.88 bits per heavy atom. The molecule has 3 rings (SSSR count). The van der Waals surface area contributed by atoms with Gasteiger partial charge in [0.15, 0.2) is 23.9 Å². The Labute approximate surface area is 149 Å². The highest BCUT2D eigenvalue weighted by atomic mass is 16.5. The fourth-order valence-electron chi connectivity index (χ4n) is 2.20. The van der Waals surface area contributed by atoms with E-state index in [4.69, 9.17) is 23.0 Å². The quantitative estimate of drug-likeness (QED) is 0.565. The molecule has 136 valence electrons. The minimum atomic E-state index is -0.535. The molecule has 1 aromatic carbocycles. The Morgan fingerprint density at radius 3 is 2.62 bits per heavy atom. The zero-order valence-electron chi connectivity index (χ0n) is 14.4. The van der Waals surface area contributed by atoms with Crippen LogP contribution >= 0.6 is 0 Å². The van der Waals surface area contributed by atoms with E-state index in [9.17, 15) is 4.79 Å². The molecule has 0 fully saturated rings. The first-order valence-electron chi connectivity index (χ1n) is 8.14. The van der Waals surface area contributed by atoms with Crippen molar-refractivity contribution < 1.29 is 27.8 Å². The fourth-order valence-corrected chi connectivity index (χ4v) is 2.20. The first-order chi connectivity index (χ1) is 12.7. The molecule has 0 aliphatic carbocycles. The summed E-state index contributed by atoms with van der Waals surface area (Å²) in [5.41, 5.74) is 0.336. The third-order valence-corrected chi connectivity index (χ3v) is 3.30. The van der Waals surface area contributed by atoms with Crippen LogP contribution in [-0.4, -0.2) is 29.4 Å². The van der Waals surface area contributed by atoms with E-state index >= 15 is 0 Å². The van der Waals surface area contributed by atoms with Crippen LogP contribution in [0.15, 0.2) is 45.4 Å². The fraction of sp³-hybridized carbons (Fsp3) is 0.278. The lowest BCUT2D eigenvalue weighted by Crippen LogP contribution is -2.07. The number of carbonyl (C=O) groups excluding carboxylic acids is 1. The number of rotatable bonds is 8. The smallest absolute Gasteiger partial charge is 0.338 e. The minimum absolute atomic E-state index is 0.149. The van der Waals surface area contributed by atoms with Gasteiger partial charge in [0.25, 0.3) is 11.8 Å². The third-order valence-electron chi connectivity index (χ3n) is 3.30. The summed E-state index contributed by atoms with van der Waals surface area (Å²) in [6.45, 7) is 4.53. The van der Waals surface area contributed by atoms with Crippen LogP contribution in [0.4, 0.5) is 0 Å². The molecule has 0 bridgehead atoms. The van der Waals surface area contributed by atoms with E-state index in [0.717, 1.165) is 0 Å². The molecule has 0 saturated heterocycles. The van der Waals surface area contributed by atoms with Gasteiger partial charge in [-0.3, -0.25) is 0 Å². The van der Waals surface area contributed by atoms with Gasteiger partial charge < -0.3 is 23.0 Å². The Balaban J connectivity index is 1.65. The lowest BCUT2D eigenvalue weighted by Gasteiger charge is -2.11. The molecular formula is C18H18N2O6. The highest BCUT2D eigenvalue weighted by molar-refractivity contribution is 5.90. The van der Waals surface area contributed by atoms with Gasteiger partial charge in [0.1, 0.15) is 0 Å². The number of nitrogens with zero attached hydrogens (tertiary/aromatic N) is 2. The Kier molecular flexibility index (Phi) is 5.52. The predicted octanol–water partition coefficient (Wildman–Crippen LogP) is 3.48. The van der Waals surface area contributed by atoms with Crippen molar-refractivity contribution in [3.63, 3.8) is 0 Å². The Morgan fingerprint density at radius 1 is 1.08 bits per heavy atom. The second kappa shape index (κ2) is 8.19. The summed E-state index contributed by atoms with van der Waals surface area (Å²) in [7, 11) is 0. The van der Waals surface area contributed by atoms with Crippen LogP contribution in [0.3, 0.4) is 0 Å². The standard InChI is InChI=1S/C18H18N2O6/c1-3-22-13-8-7-12(10-15(13)23-4-2)18(21)25-11-16-19-20-17(26-16)14-6-5-9-24-14/h5-10H,3-4,11H2,1-2H3. The molecule has 0 spiro atoms. The zero-order valence-corrected chi connectivity index (χ0v) is 14.4. The summed E-state index contributed by atoms with van der Waals surface area (Å²) >= 11 is 0. The van der Waals surface area contributed by atoms with E-state index in [2.05, 4.69) is 10.2 Å². The van der Waals surface area contributed by atoms with Crippen LogP contribution in [0.25, 0.3) is 11.7 Å². The molecule has 0 aliphatic heterocycles. The Hall–Kier alpha value is -3.29. The molecule has 8 nitrogen and oxygen atoms in total. The van der Waals surface area contributed by atoms with Gasteiger partial charge in [-0.1, -0.05) is 0 Å². The normalized spacial score (nSPS) is 10.5. The van der Waals surface area contributed by atoms with Crippen molar-refractivity contribution in [3.8, 4) is 23.1 Å². The van der Waals surface area contributed by atoms with Crippen molar-refractivity contribution in [2.45, 2.75) is 20.5 Å². The van der Waals surface area contributed by atoms with Gasteiger partial charge in [0.2, 0.25) is 0 Å². The van der Waals surface area contributed by atoms with E-state index in [0.29, 0.717) is 36.0 Å². The van der Waals surface area contributed by atoms with Crippen LogP contribution in [0.1, 0.15) is 30.1 Å². The maximum atomic E-state index is 12.3. The maximum absolute atomic E-state index is 12.3. The van der Waals surface area contributed by atoms with E-state index in [-0.39, 0.29) is 18.4 Å². The van der Waals surface area contributed by atoms with E-state index in [1.165, 1.54) is 6.26 Å². The summed E-state index contributed by atoms with van der Waals surface area (Å²) in [4.78, 5) is 12.3. The van der Waals surface area contributed by atoms with E-state index in [1.54, 1.807) is 30.3 Å². The molecule has 0 unspecified atom stereocenters. The van der Waals surface area contributed by atoms with Crippen LogP contribution in [-0.2, 0) is 11.3 Å². The number of hydrogen-bond donors (Lipinski definition) is 0. The number of esters is 1. The molecule has 0 aliphatic rings. The molecule has 2 heterocycles. The molecule has 0 N–H and O–H groups in total. The van der Waals surface area contributed by atoms with Crippen LogP contribution < -0.4 is 9.47 Å². The maximum Gasteiger partial charge on any atom is 0.338 e. The summed E-state index contributed by atoms with van der Waals surface area (Å²) in [5, 5.41) is 7.67.